The van der Waals surface area contributed by atoms with Crippen molar-refractivity contribution in [1.29, 1.82) is 0 Å². The van der Waals surface area contributed by atoms with Crippen LogP contribution in [0.15, 0.2) is 36.4 Å². The number of benzene rings is 1. The maximum atomic E-state index is 5.54. The van der Waals surface area contributed by atoms with Crippen molar-refractivity contribution >= 4 is 16.5 Å². The molecule has 0 spiro atoms. The quantitative estimate of drug-likeness (QED) is 0.722. The van der Waals surface area contributed by atoms with Crippen LogP contribution >= 0.6 is 11.3 Å². The van der Waals surface area contributed by atoms with Crippen LogP contribution in [0.5, 0.6) is 0 Å². The third-order valence-corrected chi connectivity index (χ3v) is 3.10. The fourth-order valence-electron chi connectivity index (χ4n) is 1.53. The molecule has 2 aromatic heterocycles. The number of nitrogens with one attached hydrogen (secondary N) is 1. The number of hydrogen-bond donors (Lipinski definition) is 2. The van der Waals surface area contributed by atoms with Gasteiger partial charge in [-0.15, -0.1) is 10.2 Å². The number of nitrogens with two attached hydrogens (primary N) is 1. The van der Waals surface area contributed by atoms with Crippen LogP contribution in [0.3, 0.4) is 0 Å². The third kappa shape index (κ3) is 1.90. The number of anilines is 1. The Labute approximate surface area is 101 Å². The summed E-state index contributed by atoms with van der Waals surface area (Å²) >= 11 is 1.33. The molecule has 0 radical (unpaired) electrons. The first kappa shape index (κ1) is 9.98. The monoisotopic (exact) mass is 243 g/mol. The summed E-state index contributed by atoms with van der Waals surface area (Å²) in [7, 11) is 0. The molecule has 0 aliphatic rings. The summed E-state index contributed by atoms with van der Waals surface area (Å²) < 4.78 is 0. The Kier molecular flexibility index (Phi) is 2.34. The summed E-state index contributed by atoms with van der Waals surface area (Å²) in [6, 6.07) is 11.9. The summed E-state index contributed by atoms with van der Waals surface area (Å²) in [4.78, 5) is 0. The maximum Gasteiger partial charge on any atom is 0.203 e. The molecule has 0 saturated carbocycles. The van der Waals surface area contributed by atoms with E-state index in [0.29, 0.717) is 5.13 Å². The fraction of sp³-hybridized carbons (Fsp3) is 0. The molecule has 0 bridgehead atoms. The van der Waals surface area contributed by atoms with E-state index in [9.17, 15) is 0 Å². The molecule has 0 fully saturated rings. The Balaban J connectivity index is 1.99. The lowest BCUT2D eigenvalue weighted by Crippen LogP contribution is -1.80. The normalized spacial score (nSPS) is 10.6. The summed E-state index contributed by atoms with van der Waals surface area (Å²) in [5, 5.41) is 16.1. The highest BCUT2D eigenvalue weighted by molar-refractivity contribution is 7.18. The molecule has 0 amide bonds. The Hall–Kier alpha value is -2.21. The van der Waals surface area contributed by atoms with E-state index in [1.54, 1.807) is 0 Å². The molecule has 0 unspecified atom stereocenters. The Morgan fingerprint density at radius 1 is 1.12 bits per heavy atom. The molecule has 3 rings (SSSR count). The zero-order valence-electron chi connectivity index (χ0n) is 8.79. The molecule has 84 valence electrons. The van der Waals surface area contributed by atoms with E-state index in [1.807, 2.05) is 36.4 Å². The number of aromatic amines is 1. The van der Waals surface area contributed by atoms with Gasteiger partial charge in [-0.25, -0.2) is 0 Å². The van der Waals surface area contributed by atoms with Gasteiger partial charge in [0.05, 0.1) is 11.4 Å². The fourth-order valence-corrected chi connectivity index (χ4v) is 2.11. The maximum absolute atomic E-state index is 5.54. The van der Waals surface area contributed by atoms with Crippen molar-refractivity contribution in [3.63, 3.8) is 0 Å². The van der Waals surface area contributed by atoms with Gasteiger partial charge in [-0.3, -0.25) is 5.10 Å². The second-order valence-corrected chi connectivity index (χ2v) is 4.49. The second kappa shape index (κ2) is 3.99. The summed E-state index contributed by atoms with van der Waals surface area (Å²) in [6.45, 7) is 0. The average molecular weight is 243 g/mol. The largest absolute Gasteiger partial charge is 0.374 e. The lowest BCUT2D eigenvalue weighted by molar-refractivity contribution is 1.06. The van der Waals surface area contributed by atoms with Crippen molar-refractivity contribution in [2.45, 2.75) is 0 Å². The van der Waals surface area contributed by atoms with Crippen molar-refractivity contribution in [3.8, 4) is 22.0 Å². The SMILES string of the molecule is Nc1nnc(-c2cc(-c3ccccc3)n[nH]2)s1. The van der Waals surface area contributed by atoms with Gasteiger partial charge in [-0.05, 0) is 6.07 Å². The molecule has 0 atom stereocenters. The van der Waals surface area contributed by atoms with Crippen molar-refractivity contribution in [1.82, 2.24) is 20.4 Å². The number of hydrogen-bond acceptors (Lipinski definition) is 5. The lowest BCUT2D eigenvalue weighted by Gasteiger charge is -1.92. The molecule has 6 heteroatoms. The van der Waals surface area contributed by atoms with Crippen LogP contribution in [-0.4, -0.2) is 20.4 Å². The van der Waals surface area contributed by atoms with E-state index in [1.165, 1.54) is 11.3 Å². The molecule has 1 aromatic carbocycles. The number of rotatable bonds is 2. The molecular weight excluding hydrogens is 234 g/mol. The molecule has 0 saturated heterocycles. The summed E-state index contributed by atoms with van der Waals surface area (Å²) in [5.41, 5.74) is 8.32. The standard InChI is InChI=1S/C11H9N5S/c12-11-16-15-10(17-11)9-6-8(13-14-9)7-4-2-1-3-5-7/h1-6H,(H2,12,16)(H,13,14). The number of nitrogen functional groups attached to an aromatic ring is 1. The minimum Gasteiger partial charge on any atom is -0.374 e. The first-order valence-corrected chi connectivity index (χ1v) is 5.85. The van der Waals surface area contributed by atoms with E-state index in [4.69, 9.17) is 5.73 Å². The minimum atomic E-state index is 0.455. The minimum absolute atomic E-state index is 0.455. The van der Waals surface area contributed by atoms with Crippen LogP contribution in [0, 0.1) is 0 Å². The van der Waals surface area contributed by atoms with Crippen molar-refractivity contribution < 1.29 is 0 Å². The van der Waals surface area contributed by atoms with Crippen LogP contribution < -0.4 is 5.73 Å². The van der Waals surface area contributed by atoms with Gasteiger partial charge < -0.3 is 5.73 Å². The molecule has 0 aliphatic heterocycles. The highest BCUT2D eigenvalue weighted by Gasteiger charge is 2.09. The zero-order valence-corrected chi connectivity index (χ0v) is 9.61. The number of H-pyrrole nitrogens is 1. The molecular formula is C11H9N5S. The van der Waals surface area contributed by atoms with Gasteiger partial charge in [0, 0.05) is 5.56 Å². The molecule has 2 heterocycles. The third-order valence-electron chi connectivity index (χ3n) is 2.32. The molecule has 3 N–H and O–H groups in total. The summed E-state index contributed by atoms with van der Waals surface area (Å²) in [6.07, 6.45) is 0. The van der Waals surface area contributed by atoms with Gasteiger partial charge in [0.25, 0.3) is 0 Å². The molecule has 5 nitrogen and oxygen atoms in total. The van der Waals surface area contributed by atoms with Gasteiger partial charge in [-0.1, -0.05) is 41.7 Å². The number of aromatic nitrogens is 4. The Morgan fingerprint density at radius 2 is 1.94 bits per heavy atom. The van der Waals surface area contributed by atoms with Gasteiger partial charge in [0.15, 0.2) is 5.01 Å². The zero-order chi connectivity index (χ0) is 11.7. The number of nitrogens with zero attached hydrogens (tertiary/aromatic N) is 3. The van der Waals surface area contributed by atoms with Crippen LogP contribution in [0.4, 0.5) is 5.13 Å². The van der Waals surface area contributed by atoms with E-state index >= 15 is 0 Å². The molecule has 0 aliphatic carbocycles. The van der Waals surface area contributed by atoms with E-state index < -0.39 is 0 Å². The van der Waals surface area contributed by atoms with Crippen LogP contribution in [0.1, 0.15) is 0 Å². The summed E-state index contributed by atoms with van der Waals surface area (Å²) in [5.74, 6) is 0. The average Bonchev–Trinajstić information content (AvgIpc) is 2.98. The van der Waals surface area contributed by atoms with Crippen LogP contribution in [-0.2, 0) is 0 Å². The van der Waals surface area contributed by atoms with Crippen LogP contribution in [0.2, 0.25) is 0 Å². The van der Waals surface area contributed by atoms with Gasteiger partial charge in [0.1, 0.15) is 0 Å². The topological polar surface area (TPSA) is 80.5 Å². The highest BCUT2D eigenvalue weighted by atomic mass is 32.1. The predicted molar refractivity (Wildman–Crippen MR) is 67.3 cm³/mol. The van der Waals surface area contributed by atoms with Crippen molar-refractivity contribution in [2.75, 3.05) is 5.73 Å². The lowest BCUT2D eigenvalue weighted by atomic mass is 10.1. The second-order valence-electron chi connectivity index (χ2n) is 3.48. The van der Waals surface area contributed by atoms with E-state index in [-0.39, 0.29) is 0 Å². The first-order chi connectivity index (χ1) is 8.33. The van der Waals surface area contributed by atoms with E-state index in [0.717, 1.165) is 22.0 Å². The van der Waals surface area contributed by atoms with Gasteiger partial charge in [0.2, 0.25) is 5.13 Å². The first-order valence-electron chi connectivity index (χ1n) is 5.03. The molecule has 17 heavy (non-hydrogen) atoms. The van der Waals surface area contributed by atoms with Gasteiger partial charge in [-0.2, -0.15) is 5.10 Å². The van der Waals surface area contributed by atoms with E-state index in [2.05, 4.69) is 20.4 Å². The highest BCUT2D eigenvalue weighted by Crippen LogP contribution is 2.26. The smallest absolute Gasteiger partial charge is 0.203 e. The van der Waals surface area contributed by atoms with Crippen molar-refractivity contribution in [2.24, 2.45) is 0 Å². The van der Waals surface area contributed by atoms with Crippen LogP contribution in [0.25, 0.3) is 22.0 Å². The Morgan fingerprint density at radius 3 is 2.65 bits per heavy atom. The van der Waals surface area contributed by atoms with Crippen molar-refractivity contribution in [3.05, 3.63) is 36.4 Å². The Bertz CT molecular complexity index is 628. The molecule has 3 aromatic rings. The van der Waals surface area contributed by atoms with Gasteiger partial charge >= 0.3 is 0 Å². The predicted octanol–water partition coefficient (Wildman–Crippen LogP) is 2.18.